The van der Waals surface area contributed by atoms with E-state index in [4.69, 9.17) is 5.73 Å². The van der Waals surface area contributed by atoms with Crippen LogP contribution in [0.3, 0.4) is 0 Å². The van der Waals surface area contributed by atoms with Gasteiger partial charge in [-0.3, -0.25) is 14.5 Å². The minimum absolute atomic E-state index is 0.0743. The molecule has 0 radical (unpaired) electrons. The summed E-state index contributed by atoms with van der Waals surface area (Å²) in [4.78, 5) is 29.5. The van der Waals surface area contributed by atoms with E-state index in [0.717, 1.165) is 25.9 Å². The Balaban J connectivity index is 1.39. The fraction of sp³-hybridized carbons (Fsp3) is 0.724. The van der Waals surface area contributed by atoms with Crippen LogP contribution in [0.2, 0.25) is 0 Å². The standard InChI is InChI=1S/C29H45N3O3/c1-20(2)15-27(33)29(35)31(19-21-7-4-3-5-8-21)13-14-32-25-11-12-26(32)18-24(17-25)22-9-6-10-23(16-22)28(30)34/h6,9-10,16,20-21,24-27,33H,3-5,7-8,11-15,17-19H2,1-2H3,(H2,30,34)/t24-,25+,26-,27-/m0/s1. The molecule has 0 spiro atoms. The summed E-state index contributed by atoms with van der Waals surface area (Å²) in [5.41, 5.74) is 7.33. The molecule has 6 nitrogen and oxygen atoms in total. The summed E-state index contributed by atoms with van der Waals surface area (Å²) in [6, 6.07) is 8.88. The first-order chi connectivity index (χ1) is 16.8. The number of hydrogen-bond donors (Lipinski definition) is 2. The first-order valence-electron chi connectivity index (χ1n) is 13.9. The lowest BCUT2D eigenvalue weighted by Gasteiger charge is -2.41. The monoisotopic (exact) mass is 483 g/mol. The lowest BCUT2D eigenvalue weighted by molar-refractivity contribution is -0.142. The number of aliphatic hydroxyl groups is 1. The number of fused-ring (bicyclic) bond motifs is 2. The maximum Gasteiger partial charge on any atom is 0.251 e. The number of amides is 2. The number of carbonyl (C=O) groups excluding carboxylic acids is 2. The summed E-state index contributed by atoms with van der Waals surface area (Å²) in [5, 5.41) is 10.6. The van der Waals surface area contributed by atoms with Crippen LogP contribution in [-0.4, -0.2) is 64.5 Å². The van der Waals surface area contributed by atoms with Gasteiger partial charge >= 0.3 is 0 Å². The van der Waals surface area contributed by atoms with E-state index in [0.29, 0.717) is 48.4 Å². The summed E-state index contributed by atoms with van der Waals surface area (Å²) in [7, 11) is 0. The molecular formula is C29H45N3O3. The Morgan fingerprint density at radius 2 is 1.77 bits per heavy atom. The van der Waals surface area contributed by atoms with E-state index in [9.17, 15) is 14.7 Å². The smallest absolute Gasteiger partial charge is 0.251 e. The molecule has 1 aliphatic carbocycles. The second kappa shape index (κ2) is 11.9. The number of nitrogens with two attached hydrogens (primary N) is 1. The van der Waals surface area contributed by atoms with Crippen molar-refractivity contribution < 1.29 is 14.7 Å². The van der Waals surface area contributed by atoms with Gasteiger partial charge in [-0.2, -0.15) is 0 Å². The molecule has 0 aromatic heterocycles. The third-order valence-electron chi connectivity index (χ3n) is 8.65. The predicted octanol–water partition coefficient (Wildman–Crippen LogP) is 4.31. The molecule has 1 saturated carbocycles. The first kappa shape index (κ1) is 26.2. The molecule has 6 heteroatoms. The van der Waals surface area contributed by atoms with Crippen LogP contribution in [0.15, 0.2) is 24.3 Å². The van der Waals surface area contributed by atoms with Crippen molar-refractivity contribution in [3.63, 3.8) is 0 Å². The van der Waals surface area contributed by atoms with Crippen LogP contribution in [-0.2, 0) is 4.79 Å². The van der Waals surface area contributed by atoms with Gasteiger partial charge in [0, 0.05) is 37.3 Å². The maximum atomic E-state index is 13.2. The Morgan fingerprint density at radius 1 is 1.09 bits per heavy atom. The summed E-state index contributed by atoms with van der Waals surface area (Å²) in [6.07, 6.45) is 10.4. The van der Waals surface area contributed by atoms with E-state index in [1.54, 1.807) is 6.07 Å². The largest absolute Gasteiger partial charge is 0.383 e. The molecule has 3 aliphatic rings. The van der Waals surface area contributed by atoms with Crippen LogP contribution in [0.4, 0.5) is 0 Å². The van der Waals surface area contributed by atoms with Crippen LogP contribution in [0.5, 0.6) is 0 Å². The minimum atomic E-state index is -0.890. The average molecular weight is 484 g/mol. The number of hydrogen-bond acceptors (Lipinski definition) is 4. The van der Waals surface area contributed by atoms with Gasteiger partial charge in [-0.15, -0.1) is 0 Å². The molecule has 4 atom stereocenters. The van der Waals surface area contributed by atoms with Crippen LogP contribution >= 0.6 is 0 Å². The molecule has 1 aromatic carbocycles. The fourth-order valence-electron chi connectivity index (χ4n) is 6.82. The van der Waals surface area contributed by atoms with Gasteiger partial charge in [-0.25, -0.2) is 0 Å². The van der Waals surface area contributed by atoms with Crippen molar-refractivity contribution >= 4 is 11.8 Å². The quantitative estimate of drug-likeness (QED) is 0.519. The zero-order chi connectivity index (χ0) is 24.9. The Kier molecular flexibility index (Phi) is 8.87. The Bertz CT molecular complexity index is 852. The van der Waals surface area contributed by atoms with Gasteiger partial charge in [0.05, 0.1) is 0 Å². The second-order valence-electron chi connectivity index (χ2n) is 11.7. The lowest BCUT2D eigenvalue weighted by Crippen LogP contribution is -2.49. The van der Waals surface area contributed by atoms with E-state index in [-0.39, 0.29) is 11.8 Å². The highest BCUT2D eigenvalue weighted by Crippen LogP contribution is 2.43. The number of primary amides is 1. The molecule has 3 fully saturated rings. The summed E-state index contributed by atoms with van der Waals surface area (Å²) >= 11 is 0. The van der Waals surface area contributed by atoms with Gasteiger partial charge in [-0.1, -0.05) is 45.2 Å². The third-order valence-corrected chi connectivity index (χ3v) is 8.65. The maximum absolute atomic E-state index is 13.2. The molecule has 2 bridgehead atoms. The normalized spacial score (nSPS) is 26.1. The Labute approximate surface area is 211 Å². The molecule has 35 heavy (non-hydrogen) atoms. The fourth-order valence-corrected chi connectivity index (χ4v) is 6.82. The number of benzene rings is 1. The van der Waals surface area contributed by atoms with Gasteiger partial charge in [0.15, 0.2) is 0 Å². The van der Waals surface area contributed by atoms with Gasteiger partial charge in [0.2, 0.25) is 5.91 Å². The number of rotatable bonds is 10. The molecule has 2 aliphatic heterocycles. The zero-order valence-electron chi connectivity index (χ0n) is 21.7. The minimum Gasteiger partial charge on any atom is -0.383 e. The van der Waals surface area contributed by atoms with E-state index in [1.165, 1.54) is 50.5 Å². The average Bonchev–Trinajstić information content (AvgIpc) is 3.07. The van der Waals surface area contributed by atoms with E-state index >= 15 is 0 Å². The highest BCUT2D eigenvalue weighted by atomic mass is 16.3. The van der Waals surface area contributed by atoms with Crippen molar-refractivity contribution in [3.8, 4) is 0 Å². The third kappa shape index (κ3) is 6.65. The molecule has 0 unspecified atom stereocenters. The summed E-state index contributed by atoms with van der Waals surface area (Å²) in [5.74, 6) is 0.882. The summed E-state index contributed by atoms with van der Waals surface area (Å²) < 4.78 is 0. The number of carbonyl (C=O) groups is 2. The van der Waals surface area contributed by atoms with Gasteiger partial charge < -0.3 is 15.7 Å². The molecule has 2 saturated heterocycles. The van der Waals surface area contributed by atoms with Crippen molar-refractivity contribution in [2.75, 3.05) is 19.6 Å². The lowest BCUT2D eigenvalue weighted by atomic mass is 9.84. The molecule has 2 amide bonds. The topological polar surface area (TPSA) is 86.9 Å². The summed E-state index contributed by atoms with van der Waals surface area (Å²) in [6.45, 7) is 6.50. The van der Waals surface area contributed by atoms with Gasteiger partial charge in [0.1, 0.15) is 6.10 Å². The van der Waals surface area contributed by atoms with Crippen molar-refractivity contribution in [3.05, 3.63) is 35.4 Å². The van der Waals surface area contributed by atoms with Crippen molar-refractivity contribution in [1.82, 2.24) is 9.80 Å². The van der Waals surface area contributed by atoms with E-state index in [2.05, 4.69) is 24.8 Å². The first-order valence-corrected chi connectivity index (χ1v) is 13.9. The number of piperidine rings is 1. The highest BCUT2D eigenvalue weighted by molar-refractivity contribution is 5.92. The van der Waals surface area contributed by atoms with Crippen molar-refractivity contribution in [2.45, 2.75) is 102 Å². The molecule has 1 aromatic rings. The SMILES string of the molecule is CC(C)C[C@H](O)C(=O)N(CCN1[C@@H]2CC[C@H]1C[C@@H](c1cccc(C(N)=O)c1)C2)CC1CCCCC1. The van der Waals surface area contributed by atoms with Crippen LogP contribution in [0, 0.1) is 11.8 Å². The highest BCUT2D eigenvalue weighted by Gasteiger charge is 2.41. The molecule has 194 valence electrons. The Morgan fingerprint density at radius 3 is 2.40 bits per heavy atom. The molecule has 3 N–H and O–H groups in total. The van der Waals surface area contributed by atoms with Gasteiger partial charge in [0.25, 0.3) is 5.91 Å². The predicted molar refractivity (Wildman–Crippen MR) is 139 cm³/mol. The van der Waals surface area contributed by atoms with E-state index < -0.39 is 6.10 Å². The van der Waals surface area contributed by atoms with Crippen LogP contribution in [0.1, 0.15) is 99.9 Å². The second-order valence-corrected chi connectivity index (χ2v) is 11.7. The number of nitrogens with zero attached hydrogens (tertiary/aromatic N) is 2. The van der Waals surface area contributed by atoms with Gasteiger partial charge in [-0.05, 0) is 80.4 Å². The molecule has 4 rings (SSSR count). The number of aliphatic hydroxyl groups excluding tert-OH is 1. The molecular weight excluding hydrogens is 438 g/mol. The van der Waals surface area contributed by atoms with E-state index in [1.807, 2.05) is 17.0 Å². The van der Waals surface area contributed by atoms with Crippen molar-refractivity contribution in [2.24, 2.45) is 17.6 Å². The van der Waals surface area contributed by atoms with Crippen LogP contribution < -0.4 is 5.73 Å². The Hall–Kier alpha value is -1.92. The van der Waals surface area contributed by atoms with Crippen LogP contribution in [0.25, 0.3) is 0 Å². The van der Waals surface area contributed by atoms with Crippen molar-refractivity contribution in [1.29, 1.82) is 0 Å². The zero-order valence-corrected chi connectivity index (χ0v) is 21.7. The molecule has 2 heterocycles.